The van der Waals surface area contributed by atoms with Crippen LogP contribution in [-0.4, -0.2) is 36.5 Å². The molecule has 0 radical (unpaired) electrons. The molecule has 110 valence electrons. The first-order valence-corrected chi connectivity index (χ1v) is 7.37. The molecule has 1 aliphatic rings. The summed E-state index contributed by atoms with van der Waals surface area (Å²) >= 11 is 5.95. The molecule has 1 aliphatic heterocycles. The molecular formula is C15H22ClN3O. The lowest BCUT2D eigenvalue weighted by atomic mass is 10.0. The number of aryl methyl sites for hydroxylation is 1. The van der Waals surface area contributed by atoms with E-state index in [0.717, 1.165) is 30.8 Å². The molecule has 0 bridgehead atoms. The van der Waals surface area contributed by atoms with Gasteiger partial charge in [-0.05, 0) is 50.4 Å². The SMILES string of the molecule is Cc1ccc(Cl)cc1NC(=O)CN1CCC(C(C)N)C1. The molecule has 1 heterocycles. The van der Waals surface area contributed by atoms with E-state index >= 15 is 0 Å². The Balaban J connectivity index is 1.88. The zero-order chi connectivity index (χ0) is 14.7. The maximum Gasteiger partial charge on any atom is 0.238 e. The lowest BCUT2D eigenvalue weighted by Crippen LogP contribution is -2.34. The normalized spacial score (nSPS) is 20.9. The van der Waals surface area contributed by atoms with E-state index in [9.17, 15) is 4.79 Å². The third-order valence-electron chi connectivity index (χ3n) is 3.89. The van der Waals surface area contributed by atoms with Gasteiger partial charge < -0.3 is 11.1 Å². The number of benzene rings is 1. The molecule has 1 aromatic rings. The van der Waals surface area contributed by atoms with Crippen LogP contribution < -0.4 is 11.1 Å². The third-order valence-corrected chi connectivity index (χ3v) is 4.13. The Kier molecular flexibility index (Phi) is 5.02. The van der Waals surface area contributed by atoms with Gasteiger partial charge in [-0.2, -0.15) is 0 Å². The van der Waals surface area contributed by atoms with Crippen LogP contribution in [0, 0.1) is 12.8 Å². The predicted molar refractivity (Wildman–Crippen MR) is 83.0 cm³/mol. The Labute approximate surface area is 125 Å². The molecule has 2 rings (SSSR count). The quantitative estimate of drug-likeness (QED) is 0.896. The number of hydrogen-bond donors (Lipinski definition) is 2. The molecule has 1 fully saturated rings. The van der Waals surface area contributed by atoms with E-state index in [1.165, 1.54) is 0 Å². The Morgan fingerprint density at radius 2 is 2.35 bits per heavy atom. The predicted octanol–water partition coefficient (Wildman–Crippen LogP) is 2.26. The third kappa shape index (κ3) is 3.95. The molecule has 20 heavy (non-hydrogen) atoms. The minimum Gasteiger partial charge on any atom is -0.328 e. The van der Waals surface area contributed by atoms with E-state index in [-0.39, 0.29) is 11.9 Å². The lowest BCUT2D eigenvalue weighted by Gasteiger charge is -2.17. The van der Waals surface area contributed by atoms with E-state index in [0.29, 0.717) is 17.5 Å². The number of carbonyl (C=O) groups is 1. The van der Waals surface area contributed by atoms with Crippen LogP contribution in [0.3, 0.4) is 0 Å². The number of halogens is 1. The summed E-state index contributed by atoms with van der Waals surface area (Å²) < 4.78 is 0. The van der Waals surface area contributed by atoms with Crippen LogP contribution in [0.5, 0.6) is 0 Å². The van der Waals surface area contributed by atoms with Crippen molar-refractivity contribution in [3.63, 3.8) is 0 Å². The molecule has 0 aliphatic carbocycles. The second kappa shape index (κ2) is 6.57. The maximum atomic E-state index is 12.1. The summed E-state index contributed by atoms with van der Waals surface area (Å²) in [4.78, 5) is 14.2. The van der Waals surface area contributed by atoms with Crippen LogP contribution >= 0.6 is 11.6 Å². The van der Waals surface area contributed by atoms with Gasteiger partial charge in [-0.25, -0.2) is 0 Å². The first kappa shape index (κ1) is 15.3. The second-order valence-corrected chi connectivity index (χ2v) is 6.09. The van der Waals surface area contributed by atoms with Crippen molar-refractivity contribution in [3.8, 4) is 0 Å². The molecule has 4 nitrogen and oxygen atoms in total. The van der Waals surface area contributed by atoms with E-state index in [1.807, 2.05) is 26.0 Å². The van der Waals surface area contributed by atoms with Crippen molar-refractivity contribution in [3.05, 3.63) is 28.8 Å². The minimum atomic E-state index is 0.000640. The summed E-state index contributed by atoms with van der Waals surface area (Å²) in [5, 5.41) is 3.55. The molecule has 0 spiro atoms. The van der Waals surface area contributed by atoms with Crippen LogP contribution in [0.4, 0.5) is 5.69 Å². The van der Waals surface area contributed by atoms with E-state index in [1.54, 1.807) is 6.07 Å². The van der Waals surface area contributed by atoms with Crippen LogP contribution in [0.1, 0.15) is 18.9 Å². The van der Waals surface area contributed by atoms with Crippen molar-refractivity contribution in [1.82, 2.24) is 4.90 Å². The number of likely N-dealkylation sites (tertiary alicyclic amines) is 1. The fourth-order valence-corrected chi connectivity index (χ4v) is 2.73. The standard InChI is InChI=1S/C15H22ClN3O/c1-10-3-4-13(16)7-14(10)18-15(20)9-19-6-5-12(8-19)11(2)17/h3-4,7,11-12H,5-6,8-9,17H2,1-2H3,(H,18,20). The van der Waals surface area contributed by atoms with Crippen molar-refractivity contribution < 1.29 is 4.79 Å². The van der Waals surface area contributed by atoms with Gasteiger partial charge in [-0.1, -0.05) is 17.7 Å². The summed E-state index contributed by atoms with van der Waals surface area (Å²) in [5.41, 5.74) is 7.70. The molecule has 1 saturated heterocycles. The zero-order valence-corrected chi connectivity index (χ0v) is 12.8. The van der Waals surface area contributed by atoms with Crippen LogP contribution in [0.15, 0.2) is 18.2 Å². The van der Waals surface area contributed by atoms with Crippen LogP contribution in [0.2, 0.25) is 5.02 Å². The number of nitrogens with zero attached hydrogens (tertiary/aromatic N) is 1. The maximum absolute atomic E-state index is 12.1. The van der Waals surface area contributed by atoms with Crippen molar-refractivity contribution >= 4 is 23.2 Å². The van der Waals surface area contributed by atoms with Crippen molar-refractivity contribution in [2.24, 2.45) is 11.7 Å². The molecule has 5 heteroatoms. The van der Waals surface area contributed by atoms with E-state index < -0.39 is 0 Å². The van der Waals surface area contributed by atoms with Crippen LogP contribution in [0.25, 0.3) is 0 Å². The molecule has 1 amide bonds. The molecule has 2 atom stereocenters. The molecular weight excluding hydrogens is 274 g/mol. The summed E-state index contributed by atoms with van der Waals surface area (Å²) in [6.07, 6.45) is 1.07. The number of rotatable bonds is 4. The largest absolute Gasteiger partial charge is 0.328 e. The molecule has 3 N–H and O–H groups in total. The van der Waals surface area contributed by atoms with Crippen molar-refractivity contribution in [2.45, 2.75) is 26.3 Å². The highest BCUT2D eigenvalue weighted by Crippen LogP contribution is 2.21. The van der Waals surface area contributed by atoms with Gasteiger partial charge in [0.15, 0.2) is 0 Å². The van der Waals surface area contributed by atoms with Crippen LogP contribution in [-0.2, 0) is 4.79 Å². The Bertz CT molecular complexity index is 490. The number of nitrogens with one attached hydrogen (secondary N) is 1. The van der Waals surface area contributed by atoms with Gasteiger partial charge in [-0.15, -0.1) is 0 Å². The smallest absolute Gasteiger partial charge is 0.238 e. The average molecular weight is 296 g/mol. The van der Waals surface area contributed by atoms with Gasteiger partial charge in [-0.3, -0.25) is 9.69 Å². The average Bonchev–Trinajstić information content (AvgIpc) is 2.82. The fraction of sp³-hybridized carbons (Fsp3) is 0.533. The lowest BCUT2D eigenvalue weighted by molar-refractivity contribution is -0.117. The highest BCUT2D eigenvalue weighted by atomic mass is 35.5. The molecule has 1 aromatic carbocycles. The van der Waals surface area contributed by atoms with Gasteiger partial charge in [0.05, 0.1) is 6.54 Å². The Morgan fingerprint density at radius 3 is 3.00 bits per heavy atom. The zero-order valence-electron chi connectivity index (χ0n) is 12.0. The number of anilines is 1. The van der Waals surface area contributed by atoms with Crippen molar-refractivity contribution in [1.29, 1.82) is 0 Å². The van der Waals surface area contributed by atoms with Gasteiger partial charge >= 0.3 is 0 Å². The monoisotopic (exact) mass is 295 g/mol. The number of nitrogens with two attached hydrogens (primary N) is 1. The number of amides is 1. The first-order valence-electron chi connectivity index (χ1n) is 6.99. The van der Waals surface area contributed by atoms with Gasteiger partial charge in [0.1, 0.15) is 0 Å². The minimum absolute atomic E-state index is 0.000640. The van der Waals surface area contributed by atoms with E-state index in [4.69, 9.17) is 17.3 Å². The number of hydrogen-bond acceptors (Lipinski definition) is 3. The molecule has 0 saturated carbocycles. The fourth-order valence-electron chi connectivity index (χ4n) is 2.56. The van der Waals surface area contributed by atoms with Gasteiger partial charge in [0.25, 0.3) is 0 Å². The summed E-state index contributed by atoms with van der Waals surface area (Å²) in [7, 11) is 0. The topological polar surface area (TPSA) is 58.4 Å². The van der Waals surface area contributed by atoms with E-state index in [2.05, 4.69) is 10.2 Å². The Morgan fingerprint density at radius 1 is 1.60 bits per heavy atom. The van der Waals surface area contributed by atoms with Gasteiger partial charge in [0.2, 0.25) is 5.91 Å². The summed E-state index contributed by atoms with van der Waals surface area (Å²) in [5.74, 6) is 0.497. The van der Waals surface area contributed by atoms with Gasteiger partial charge in [0, 0.05) is 23.3 Å². The van der Waals surface area contributed by atoms with Crippen molar-refractivity contribution in [2.75, 3.05) is 25.0 Å². The highest BCUT2D eigenvalue weighted by Gasteiger charge is 2.26. The Hall–Kier alpha value is -1.10. The highest BCUT2D eigenvalue weighted by molar-refractivity contribution is 6.31. The first-order chi connectivity index (χ1) is 9.45. The number of carbonyl (C=O) groups excluding carboxylic acids is 1. The molecule has 0 aromatic heterocycles. The molecule has 2 unspecified atom stereocenters. The second-order valence-electron chi connectivity index (χ2n) is 5.65. The summed E-state index contributed by atoms with van der Waals surface area (Å²) in [6.45, 7) is 6.24. The summed E-state index contributed by atoms with van der Waals surface area (Å²) in [6, 6.07) is 5.70.